The Labute approximate surface area is 209 Å². The Balaban J connectivity index is 1.23. The molecule has 2 fully saturated rings. The molecular formula is C26H32N8S. The quantitative estimate of drug-likeness (QED) is 0.318. The van der Waals surface area contributed by atoms with Gasteiger partial charge in [0.2, 0.25) is 5.95 Å². The van der Waals surface area contributed by atoms with E-state index in [0.29, 0.717) is 24.5 Å². The zero-order valence-electron chi connectivity index (χ0n) is 19.9. The molecule has 4 aromatic rings. The van der Waals surface area contributed by atoms with E-state index in [9.17, 15) is 0 Å². The molecule has 1 aliphatic carbocycles. The van der Waals surface area contributed by atoms with Crippen LogP contribution in [-0.2, 0) is 6.54 Å². The molecule has 182 valence electrons. The number of piperidine rings is 1. The topological polar surface area (TPSA) is 92.6 Å². The molecule has 3 N–H and O–H groups in total. The van der Waals surface area contributed by atoms with E-state index in [4.69, 9.17) is 15.0 Å². The van der Waals surface area contributed by atoms with Crippen molar-refractivity contribution in [2.24, 2.45) is 5.92 Å². The summed E-state index contributed by atoms with van der Waals surface area (Å²) < 4.78 is 2.27. The van der Waals surface area contributed by atoms with Crippen LogP contribution in [0.3, 0.4) is 0 Å². The SMILES string of the molecule is c1csc(-c2ccc(CNc3nc(NCC4CCNCC4)nc4c3ncn4C3CCCC3)cn2)c1. The molecule has 4 aromatic heterocycles. The summed E-state index contributed by atoms with van der Waals surface area (Å²) in [7, 11) is 0. The van der Waals surface area contributed by atoms with E-state index in [0.717, 1.165) is 47.9 Å². The van der Waals surface area contributed by atoms with Gasteiger partial charge in [0.15, 0.2) is 17.0 Å². The van der Waals surface area contributed by atoms with Gasteiger partial charge in [-0.3, -0.25) is 4.98 Å². The molecule has 0 unspecified atom stereocenters. The van der Waals surface area contributed by atoms with Gasteiger partial charge in [-0.05, 0) is 67.8 Å². The molecule has 0 aromatic carbocycles. The van der Waals surface area contributed by atoms with Crippen molar-refractivity contribution in [3.05, 3.63) is 47.7 Å². The highest BCUT2D eigenvalue weighted by molar-refractivity contribution is 7.13. The fourth-order valence-electron chi connectivity index (χ4n) is 5.17. The van der Waals surface area contributed by atoms with Crippen molar-refractivity contribution in [2.45, 2.75) is 51.1 Å². The van der Waals surface area contributed by atoms with Crippen molar-refractivity contribution < 1.29 is 0 Å². The Morgan fingerprint density at radius 1 is 1.00 bits per heavy atom. The summed E-state index contributed by atoms with van der Waals surface area (Å²) in [5.74, 6) is 2.12. The van der Waals surface area contributed by atoms with Gasteiger partial charge in [0, 0.05) is 25.3 Å². The van der Waals surface area contributed by atoms with E-state index < -0.39 is 0 Å². The molecule has 2 aliphatic rings. The molecule has 1 saturated heterocycles. The van der Waals surface area contributed by atoms with Gasteiger partial charge in [-0.25, -0.2) is 4.98 Å². The van der Waals surface area contributed by atoms with E-state index in [-0.39, 0.29) is 0 Å². The largest absolute Gasteiger partial charge is 0.364 e. The molecule has 0 amide bonds. The van der Waals surface area contributed by atoms with Crippen LogP contribution in [0.5, 0.6) is 0 Å². The fraction of sp³-hybridized carbons (Fsp3) is 0.462. The number of hydrogen-bond acceptors (Lipinski definition) is 8. The number of aromatic nitrogens is 5. The molecule has 9 heteroatoms. The number of nitrogens with one attached hydrogen (secondary N) is 3. The van der Waals surface area contributed by atoms with Gasteiger partial charge in [0.05, 0.1) is 16.9 Å². The first-order valence-corrected chi connectivity index (χ1v) is 13.6. The van der Waals surface area contributed by atoms with Gasteiger partial charge >= 0.3 is 0 Å². The Kier molecular flexibility index (Phi) is 6.60. The summed E-state index contributed by atoms with van der Waals surface area (Å²) in [6.07, 6.45) is 11.2. The van der Waals surface area contributed by atoms with Crippen molar-refractivity contribution >= 4 is 34.3 Å². The summed E-state index contributed by atoms with van der Waals surface area (Å²) in [5, 5.41) is 12.6. The number of anilines is 2. The van der Waals surface area contributed by atoms with Crippen molar-refractivity contribution in [2.75, 3.05) is 30.3 Å². The number of pyridine rings is 1. The number of thiophene rings is 1. The molecule has 0 bridgehead atoms. The van der Waals surface area contributed by atoms with E-state index >= 15 is 0 Å². The van der Waals surface area contributed by atoms with Crippen molar-refractivity contribution in [3.8, 4) is 10.6 Å². The molecule has 5 heterocycles. The average Bonchev–Trinajstić information content (AvgIpc) is 3.69. The lowest BCUT2D eigenvalue weighted by atomic mass is 9.98. The Hall–Kier alpha value is -3.04. The summed E-state index contributed by atoms with van der Waals surface area (Å²) in [6.45, 7) is 3.71. The highest BCUT2D eigenvalue weighted by Gasteiger charge is 2.22. The third-order valence-electron chi connectivity index (χ3n) is 7.21. The molecule has 35 heavy (non-hydrogen) atoms. The summed E-state index contributed by atoms with van der Waals surface area (Å²) in [4.78, 5) is 20.4. The number of nitrogens with zero attached hydrogens (tertiary/aromatic N) is 5. The van der Waals surface area contributed by atoms with Crippen LogP contribution in [0.1, 0.15) is 50.1 Å². The van der Waals surface area contributed by atoms with E-state index in [1.54, 1.807) is 11.3 Å². The molecule has 1 aliphatic heterocycles. The monoisotopic (exact) mass is 488 g/mol. The van der Waals surface area contributed by atoms with Crippen LogP contribution < -0.4 is 16.0 Å². The van der Waals surface area contributed by atoms with Crippen LogP contribution in [0, 0.1) is 5.92 Å². The minimum atomic E-state index is 0.481. The summed E-state index contributed by atoms with van der Waals surface area (Å²) >= 11 is 1.71. The van der Waals surface area contributed by atoms with Gasteiger partial charge in [0.1, 0.15) is 0 Å². The lowest BCUT2D eigenvalue weighted by Gasteiger charge is -2.23. The molecular weight excluding hydrogens is 456 g/mol. The minimum Gasteiger partial charge on any atom is -0.364 e. The lowest BCUT2D eigenvalue weighted by Crippen LogP contribution is -2.31. The molecule has 8 nitrogen and oxygen atoms in total. The third kappa shape index (κ3) is 5.01. The first-order valence-electron chi connectivity index (χ1n) is 12.8. The lowest BCUT2D eigenvalue weighted by molar-refractivity contribution is 0.389. The minimum absolute atomic E-state index is 0.481. The second-order valence-corrected chi connectivity index (χ2v) is 10.6. The van der Waals surface area contributed by atoms with E-state index in [1.165, 1.54) is 43.4 Å². The van der Waals surface area contributed by atoms with Gasteiger partial charge < -0.3 is 20.5 Å². The van der Waals surface area contributed by atoms with Gasteiger partial charge in [-0.1, -0.05) is 25.0 Å². The van der Waals surface area contributed by atoms with Crippen LogP contribution in [-0.4, -0.2) is 44.1 Å². The Bertz CT molecular complexity index is 1240. The van der Waals surface area contributed by atoms with Crippen LogP contribution in [0.15, 0.2) is 42.2 Å². The highest BCUT2D eigenvalue weighted by Crippen LogP contribution is 2.33. The maximum atomic E-state index is 4.93. The summed E-state index contributed by atoms with van der Waals surface area (Å²) in [5.41, 5.74) is 3.88. The van der Waals surface area contributed by atoms with Gasteiger partial charge in [0.25, 0.3) is 0 Å². The number of hydrogen-bond donors (Lipinski definition) is 3. The zero-order chi connectivity index (χ0) is 23.5. The smallest absolute Gasteiger partial charge is 0.226 e. The molecule has 0 radical (unpaired) electrons. The van der Waals surface area contributed by atoms with Crippen LogP contribution in [0.2, 0.25) is 0 Å². The number of imidazole rings is 1. The molecule has 0 atom stereocenters. The zero-order valence-corrected chi connectivity index (χ0v) is 20.7. The van der Waals surface area contributed by atoms with E-state index in [1.807, 2.05) is 12.5 Å². The fourth-order valence-corrected chi connectivity index (χ4v) is 5.88. The van der Waals surface area contributed by atoms with E-state index in [2.05, 4.69) is 55.1 Å². The predicted octanol–water partition coefficient (Wildman–Crippen LogP) is 5.09. The Morgan fingerprint density at radius 3 is 2.66 bits per heavy atom. The number of rotatable bonds is 8. The van der Waals surface area contributed by atoms with Gasteiger partial charge in [-0.15, -0.1) is 11.3 Å². The third-order valence-corrected chi connectivity index (χ3v) is 8.10. The second-order valence-electron chi connectivity index (χ2n) is 9.61. The normalized spacial score (nSPS) is 17.3. The maximum Gasteiger partial charge on any atom is 0.226 e. The van der Waals surface area contributed by atoms with Crippen LogP contribution in [0.25, 0.3) is 21.7 Å². The van der Waals surface area contributed by atoms with Crippen LogP contribution >= 0.6 is 11.3 Å². The Morgan fingerprint density at radius 2 is 1.89 bits per heavy atom. The maximum absolute atomic E-state index is 4.93. The predicted molar refractivity (Wildman–Crippen MR) is 142 cm³/mol. The number of fused-ring (bicyclic) bond motifs is 1. The van der Waals surface area contributed by atoms with Crippen molar-refractivity contribution in [3.63, 3.8) is 0 Å². The van der Waals surface area contributed by atoms with Crippen molar-refractivity contribution in [1.29, 1.82) is 0 Å². The first kappa shape index (κ1) is 22.4. The van der Waals surface area contributed by atoms with Crippen molar-refractivity contribution in [1.82, 2.24) is 29.8 Å². The molecule has 0 spiro atoms. The first-order chi connectivity index (χ1) is 17.3. The highest BCUT2D eigenvalue weighted by atomic mass is 32.1. The van der Waals surface area contributed by atoms with Crippen LogP contribution in [0.4, 0.5) is 11.8 Å². The standard InChI is InChI=1S/C26H32N8S/c1-2-5-20(4-1)34-17-31-23-24(29-16-19-7-8-21(28-15-19)22-6-3-13-35-22)32-26(33-25(23)34)30-14-18-9-11-27-12-10-18/h3,6-8,13,15,17-18,20,27H,1-2,4-5,9-12,14,16H2,(H2,29,30,32,33). The molecule has 1 saturated carbocycles. The second kappa shape index (κ2) is 10.3. The molecule has 6 rings (SSSR count). The summed E-state index contributed by atoms with van der Waals surface area (Å²) in [6, 6.07) is 8.84. The average molecular weight is 489 g/mol. The van der Waals surface area contributed by atoms with Gasteiger partial charge in [-0.2, -0.15) is 9.97 Å².